The van der Waals surface area contributed by atoms with Crippen molar-refractivity contribution in [2.75, 3.05) is 25.2 Å². The zero-order valence-electron chi connectivity index (χ0n) is 19.6. The van der Waals surface area contributed by atoms with Crippen LogP contribution < -0.4 is 21.6 Å². The molecule has 0 spiro atoms. The highest BCUT2D eigenvalue weighted by atomic mass is 16.5. The van der Waals surface area contributed by atoms with E-state index < -0.39 is 5.97 Å². The molecule has 0 aliphatic carbocycles. The number of aromatic nitrogens is 3. The summed E-state index contributed by atoms with van der Waals surface area (Å²) in [6, 6.07) is 11.6. The van der Waals surface area contributed by atoms with Crippen LogP contribution >= 0.6 is 0 Å². The first-order chi connectivity index (χ1) is 16.9. The molecule has 5 N–H and O–H groups in total. The second-order valence-electron chi connectivity index (χ2n) is 8.09. The summed E-state index contributed by atoms with van der Waals surface area (Å²) in [5.41, 5.74) is 15.8. The number of fused-ring (bicyclic) bond motifs is 1. The summed E-state index contributed by atoms with van der Waals surface area (Å²) in [6.45, 7) is 1.91. The van der Waals surface area contributed by atoms with E-state index in [2.05, 4.69) is 21.0 Å². The molecule has 4 aromatic rings. The third-order valence-corrected chi connectivity index (χ3v) is 5.78. The van der Waals surface area contributed by atoms with Crippen molar-refractivity contribution in [2.45, 2.75) is 26.2 Å². The largest absolute Gasteiger partial charge is 0.496 e. The normalized spacial score (nSPS) is 10.9. The van der Waals surface area contributed by atoms with Crippen molar-refractivity contribution in [1.82, 2.24) is 15.0 Å². The maximum Gasteiger partial charge on any atom is 0.343 e. The molecule has 2 heterocycles. The number of esters is 1. The maximum absolute atomic E-state index is 12.7. The average molecular weight is 474 g/mol. The Morgan fingerprint density at radius 3 is 2.60 bits per heavy atom. The van der Waals surface area contributed by atoms with Crippen molar-refractivity contribution in [2.24, 2.45) is 0 Å². The molecule has 0 aliphatic heterocycles. The lowest BCUT2D eigenvalue weighted by molar-refractivity contribution is 0.0524. The van der Waals surface area contributed by atoms with E-state index in [1.54, 1.807) is 26.3 Å². The van der Waals surface area contributed by atoms with E-state index in [4.69, 9.17) is 20.9 Å². The van der Waals surface area contributed by atoms with Crippen LogP contribution in [0.4, 0.5) is 11.8 Å². The Balaban J connectivity index is 1.54. The van der Waals surface area contributed by atoms with E-state index in [0.717, 1.165) is 40.8 Å². The third-order valence-electron chi connectivity index (χ3n) is 5.78. The Hall–Kier alpha value is -4.40. The Labute approximate surface area is 202 Å². The molecule has 180 valence electrons. The molecule has 0 atom stereocenters. The summed E-state index contributed by atoms with van der Waals surface area (Å²) in [4.78, 5) is 35.8. The first-order valence-corrected chi connectivity index (χ1v) is 11.2. The smallest absolute Gasteiger partial charge is 0.343 e. The number of nitrogen functional groups attached to an aromatic ring is 2. The quantitative estimate of drug-likeness (QED) is 0.331. The highest BCUT2D eigenvalue weighted by Crippen LogP contribution is 2.25. The molecule has 4 rings (SSSR count). The Kier molecular flexibility index (Phi) is 6.96. The lowest BCUT2D eigenvalue weighted by Crippen LogP contribution is -2.18. The van der Waals surface area contributed by atoms with Gasteiger partial charge in [0.15, 0.2) is 0 Å². The minimum Gasteiger partial charge on any atom is -0.496 e. The van der Waals surface area contributed by atoms with E-state index in [-0.39, 0.29) is 23.5 Å². The van der Waals surface area contributed by atoms with Gasteiger partial charge in [0, 0.05) is 35.3 Å². The molecule has 0 amide bonds. The number of nitrogens with one attached hydrogen (secondary N) is 1. The predicted octanol–water partition coefficient (Wildman–Crippen LogP) is 3.04. The van der Waals surface area contributed by atoms with Crippen molar-refractivity contribution in [3.05, 3.63) is 86.8 Å². The minimum absolute atomic E-state index is 0.000732. The molecule has 0 saturated carbocycles. The van der Waals surface area contributed by atoms with Crippen molar-refractivity contribution in [1.29, 1.82) is 0 Å². The average Bonchev–Trinajstić information content (AvgIpc) is 2.85. The van der Waals surface area contributed by atoms with Gasteiger partial charge in [0.2, 0.25) is 11.4 Å². The highest BCUT2D eigenvalue weighted by Gasteiger charge is 2.14. The highest BCUT2D eigenvalue weighted by molar-refractivity contribution is 5.93. The number of methoxy groups -OCH3 is 1. The number of nitrogens with zero attached hydrogens (tertiary/aromatic N) is 2. The van der Waals surface area contributed by atoms with Crippen molar-refractivity contribution in [3.8, 4) is 5.75 Å². The molecule has 0 aliphatic rings. The fraction of sp³-hybridized carbons (Fsp3) is 0.231. The van der Waals surface area contributed by atoms with Crippen LogP contribution in [-0.4, -0.2) is 34.6 Å². The van der Waals surface area contributed by atoms with Crippen molar-refractivity contribution < 1.29 is 14.3 Å². The predicted molar refractivity (Wildman–Crippen MR) is 135 cm³/mol. The van der Waals surface area contributed by atoms with Crippen molar-refractivity contribution >= 4 is 28.6 Å². The molecule has 0 unspecified atom stereocenters. The van der Waals surface area contributed by atoms with E-state index in [1.807, 2.05) is 24.3 Å². The SMILES string of the molecule is CCOC(=O)c1c[nH]c2cc(CCc3cc(Cc4cnc(N)nc4N)ccc3OC)ccc2c1=O. The van der Waals surface area contributed by atoms with Crippen LogP contribution in [-0.2, 0) is 24.0 Å². The van der Waals surface area contributed by atoms with Crippen LogP contribution in [0.5, 0.6) is 5.75 Å². The molecule has 35 heavy (non-hydrogen) atoms. The van der Waals surface area contributed by atoms with Gasteiger partial charge in [0.25, 0.3) is 0 Å². The molecule has 2 aromatic carbocycles. The fourth-order valence-electron chi connectivity index (χ4n) is 3.99. The number of hydrogen-bond acceptors (Lipinski definition) is 8. The number of benzene rings is 2. The van der Waals surface area contributed by atoms with Gasteiger partial charge in [-0.05, 0) is 54.7 Å². The van der Waals surface area contributed by atoms with Crippen LogP contribution in [0.15, 0.2) is 53.6 Å². The minimum atomic E-state index is -0.626. The molecule has 0 bridgehead atoms. The number of carbonyl (C=O) groups is 1. The number of hydrogen-bond donors (Lipinski definition) is 3. The fourth-order valence-corrected chi connectivity index (χ4v) is 3.99. The zero-order chi connectivity index (χ0) is 24.9. The molecule has 0 radical (unpaired) electrons. The van der Waals surface area contributed by atoms with Crippen LogP contribution in [0, 0.1) is 0 Å². The van der Waals surface area contributed by atoms with Gasteiger partial charge in [0.1, 0.15) is 17.1 Å². The van der Waals surface area contributed by atoms with Crippen LogP contribution in [0.25, 0.3) is 10.9 Å². The number of anilines is 2. The van der Waals surface area contributed by atoms with Gasteiger partial charge in [-0.25, -0.2) is 9.78 Å². The van der Waals surface area contributed by atoms with Gasteiger partial charge < -0.3 is 25.9 Å². The first kappa shape index (κ1) is 23.7. The van der Waals surface area contributed by atoms with Gasteiger partial charge in [-0.2, -0.15) is 4.98 Å². The van der Waals surface area contributed by atoms with Crippen LogP contribution in [0.3, 0.4) is 0 Å². The second-order valence-corrected chi connectivity index (χ2v) is 8.09. The molecule has 9 heteroatoms. The number of aryl methyl sites for hydroxylation is 2. The van der Waals surface area contributed by atoms with Gasteiger partial charge in [-0.1, -0.05) is 18.2 Å². The number of pyridine rings is 1. The van der Waals surface area contributed by atoms with Gasteiger partial charge >= 0.3 is 5.97 Å². The maximum atomic E-state index is 12.7. The molecular weight excluding hydrogens is 446 g/mol. The summed E-state index contributed by atoms with van der Waals surface area (Å²) in [5, 5.41) is 0.446. The molecule has 0 fully saturated rings. The standard InChI is InChI=1S/C26H27N5O4/c1-3-35-25(33)20-14-29-21-12-15(5-8-19(21)23(20)32)4-7-17-10-16(6-9-22(17)34-2)11-18-13-30-26(28)31-24(18)27/h5-6,8-10,12-14H,3-4,7,11H2,1-2H3,(H,29,32)(H4,27,28,30,31). The number of ether oxygens (including phenoxy) is 2. The molecule has 2 aromatic heterocycles. The number of nitrogens with two attached hydrogens (primary N) is 2. The van der Waals surface area contributed by atoms with Crippen LogP contribution in [0.2, 0.25) is 0 Å². The number of aromatic amines is 1. The number of H-pyrrole nitrogens is 1. The second kappa shape index (κ2) is 10.3. The lowest BCUT2D eigenvalue weighted by Gasteiger charge is -2.12. The molecule has 0 saturated heterocycles. The number of carbonyl (C=O) groups excluding carboxylic acids is 1. The Bertz CT molecular complexity index is 1450. The van der Waals surface area contributed by atoms with E-state index in [9.17, 15) is 9.59 Å². The summed E-state index contributed by atoms with van der Waals surface area (Å²) in [6.07, 6.45) is 5.07. The topological polar surface area (TPSA) is 146 Å². The third kappa shape index (κ3) is 5.24. The van der Waals surface area contributed by atoms with Crippen LogP contribution in [0.1, 0.15) is 39.5 Å². The molecular formula is C26H27N5O4. The van der Waals surface area contributed by atoms with E-state index in [0.29, 0.717) is 23.1 Å². The lowest BCUT2D eigenvalue weighted by atomic mass is 9.98. The van der Waals surface area contributed by atoms with E-state index >= 15 is 0 Å². The van der Waals surface area contributed by atoms with Gasteiger partial charge in [0.05, 0.1) is 13.7 Å². The Morgan fingerprint density at radius 2 is 1.86 bits per heavy atom. The summed E-state index contributed by atoms with van der Waals surface area (Å²) in [5.74, 6) is 0.684. The van der Waals surface area contributed by atoms with Gasteiger partial charge in [-0.15, -0.1) is 0 Å². The molecule has 9 nitrogen and oxygen atoms in total. The summed E-state index contributed by atoms with van der Waals surface area (Å²) in [7, 11) is 1.65. The van der Waals surface area contributed by atoms with E-state index in [1.165, 1.54) is 6.20 Å². The number of rotatable bonds is 8. The Morgan fingerprint density at radius 1 is 1.06 bits per heavy atom. The van der Waals surface area contributed by atoms with Gasteiger partial charge in [-0.3, -0.25) is 4.79 Å². The summed E-state index contributed by atoms with van der Waals surface area (Å²) < 4.78 is 10.5. The summed E-state index contributed by atoms with van der Waals surface area (Å²) >= 11 is 0. The zero-order valence-corrected chi connectivity index (χ0v) is 19.6. The monoisotopic (exact) mass is 473 g/mol. The van der Waals surface area contributed by atoms with Crippen molar-refractivity contribution in [3.63, 3.8) is 0 Å². The first-order valence-electron chi connectivity index (χ1n) is 11.2.